The van der Waals surface area contributed by atoms with Gasteiger partial charge in [0.25, 0.3) is 0 Å². The van der Waals surface area contributed by atoms with Crippen molar-refractivity contribution in [1.82, 2.24) is 10.3 Å². The highest BCUT2D eigenvalue weighted by Gasteiger charge is 2.23. The van der Waals surface area contributed by atoms with Gasteiger partial charge in [0, 0.05) is 35.4 Å². The lowest BCUT2D eigenvalue weighted by Gasteiger charge is -2.22. The molecule has 1 saturated heterocycles. The van der Waals surface area contributed by atoms with E-state index in [0.29, 0.717) is 6.04 Å². The first kappa shape index (κ1) is 16.5. The van der Waals surface area contributed by atoms with Crippen molar-refractivity contribution in [3.8, 4) is 11.5 Å². The number of ether oxygens (including phenoxy) is 2. The fourth-order valence-electron chi connectivity index (χ4n) is 4.10. The molecule has 2 aromatic rings. The topological polar surface area (TPSA) is 55.4 Å². The zero-order valence-electron chi connectivity index (χ0n) is 15.2. The highest BCUT2D eigenvalue weighted by atomic mass is 16.5. The SMILES string of the molecule is COc1cc2nc3c(c(NC4CCCCNC4)c2cc1OC)CCC3. The second-order valence-corrected chi connectivity index (χ2v) is 7.03. The second-order valence-electron chi connectivity index (χ2n) is 7.03. The summed E-state index contributed by atoms with van der Waals surface area (Å²) >= 11 is 0. The third-order valence-corrected chi connectivity index (χ3v) is 5.41. The van der Waals surface area contributed by atoms with Crippen LogP contribution >= 0.6 is 0 Å². The van der Waals surface area contributed by atoms with Crippen LogP contribution in [0.5, 0.6) is 11.5 Å². The molecule has 1 fully saturated rings. The van der Waals surface area contributed by atoms with Crippen molar-refractivity contribution in [2.24, 2.45) is 0 Å². The smallest absolute Gasteiger partial charge is 0.162 e. The number of nitrogens with zero attached hydrogens (tertiary/aromatic N) is 1. The van der Waals surface area contributed by atoms with E-state index in [-0.39, 0.29) is 0 Å². The van der Waals surface area contributed by atoms with Gasteiger partial charge in [0.05, 0.1) is 19.7 Å². The molecule has 1 aromatic heterocycles. The quantitative estimate of drug-likeness (QED) is 0.894. The second kappa shape index (κ2) is 7.08. The summed E-state index contributed by atoms with van der Waals surface area (Å²) in [5.41, 5.74) is 4.88. The molecular weight excluding hydrogens is 314 g/mol. The Morgan fingerprint density at radius 2 is 1.92 bits per heavy atom. The molecule has 5 nitrogen and oxygen atoms in total. The summed E-state index contributed by atoms with van der Waals surface area (Å²) in [6.07, 6.45) is 7.10. The van der Waals surface area contributed by atoms with Crippen molar-refractivity contribution in [1.29, 1.82) is 0 Å². The van der Waals surface area contributed by atoms with Crippen molar-refractivity contribution in [3.05, 3.63) is 23.4 Å². The van der Waals surface area contributed by atoms with Crippen molar-refractivity contribution >= 4 is 16.6 Å². The minimum atomic E-state index is 0.464. The molecule has 1 aliphatic carbocycles. The summed E-state index contributed by atoms with van der Waals surface area (Å²) in [6.45, 7) is 2.14. The van der Waals surface area contributed by atoms with E-state index >= 15 is 0 Å². The van der Waals surface area contributed by atoms with Crippen LogP contribution in [0.15, 0.2) is 12.1 Å². The molecule has 1 aromatic carbocycles. The standard InChI is InChI=1S/C20H27N3O2/c1-24-18-10-15-17(11-19(18)25-2)23-16-8-5-7-14(16)20(15)22-13-6-3-4-9-21-12-13/h10-11,13,21H,3-9,12H2,1-2H3,(H,22,23). The molecule has 0 amide bonds. The van der Waals surface area contributed by atoms with Crippen LogP contribution in [0.2, 0.25) is 0 Å². The fraction of sp³-hybridized carbons (Fsp3) is 0.550. The molecule has 0 radical (unpaired) electrons. The number of hydrogen-bond acceptors (Lipinski definition) is 5. The van der Waals surface area contributed by atoms with Gasteiger partial charge < -0.3 is 20.1 Å². The Kier molecular flexibility index (Phi) is 4.66. The first-order valence-electron chi connectivity index (χ1n) is 9.35. The van der Waals surface area contributed by atoms with E-state index in [1.807, 2.05) is 6.07 Å². The Labute approximate surface area is 149 Å². The largest absolute Gasteiger partial charge is 0.493 e. The van der Waals surface area contributed by atoms with Gasteiger partial charge in [0.1, 0.15) is 0 Å². The number of methoxy groups -OCH3 is 2. The van der Waals surface area contributed by atoms with Gasteiger partial charge in [-0.25, -0.2) is 0 Å². The van der Waals surface area contributed by atoms with Gasteiger partial charge in [-0.05, 0) is 50.3 Å². The summed E-state index contributed by atoms with van der Waals surface area (Å²) < 4.78 is 11.0. The highest BCUT2D eigenvalue weighted by Crippen LogP contribution is 2.39. The van der Waals surface area contributed by atoms with Crippen LogP contribution in [0.1, 0.15) is 36.9 Å². The summed E-state index contributed by atoms with van der Waals surface area (Å²) in [5.74, 6) is 1.50. The van der Waals surface area contributed by atoms with Crippen molar-refractivity contribution < 1.29 is 9.47 Å². The molecule has 2 N–H and O–H groups in total. The number of aromatic nitrogens is 1. The predicted octanol–water partition coefficient (Wildman–Crippen LogP) is 3.29. The van der Waals surface area contributed by atoms with E-state index < -0.39 is 0 Å². The van der Waals surface area contributed by atoms with E-state index in [1.165, 1.54) is 42.6 Å². The number of benzene rings is 1. The summed E-state index contributed by atoms with van der Waals surface area (Å²) in [4.78, 5) is 4.92. The Morgan fingerprint density at radius 3 is 2.76 bits per heavy atom. The van der Waals surface area contributed by atoms with E-state index in [0.717, 1.165) is 48.3 Å². The average Bonchev–Trinajstić information content (AvgIpc) is 2.95. The number of fused-ring (bicyclic) bond motifs is 2. The number of nitrogens with one attached hydrogen (secondary N) is 2. The van der Waals surface area contributed by atoms with Crippen LogP contribution in [-0.2, 0) is 12.8 Å². The van der Waals surface area contributed by atoms with Crippen LogP contribution in [0.3, 0.4) is 0 Å². The van der Waals surface area contributed by atoms with Gasteiger partial charge in [-0.1, -0.05) is 6.42 Å². The molecule has 0 saturated carbocycles. The maximum absolute atomic E-state index is 5.54. The monoisotopic (exact) mass is 341 g/mol. The number of aryl methyl sites for hydroxylation is 1. The van der Waals surface area contributed by atoms with Gasteiger partial charge in [0.2, 0.25) is 0 Å². The number of pyridine rings is 1. The molecule has 0 bridgehead atoms. The fourth-order valence-corrected chi connectivity index (χ4v) is 4.10. The lowest BCUT2D eigenvalue weighted by molar-refractivity contribution is 0.356. The summed E-state index contributed by atoms with van der Waals surface area (Å²) in [6, 6.07) is 4.54. The van der Waals surface area contributed by atoms with Crippen molar-refractivity contribution in [2.45, 2.75) is 44.6 Å². The third kappa shape index (κ3) is 3.13. The third-order valence-electron chi connectivity index (χ3n) is 5.41. The molecule has 4 rings (SSSR count). The first-order valence-corrected chi connectivity index (χ1v) is 9.35. The molecule has 5 heteroatoms. The van der Waals surface area contributed by atoms with Gasteiger partial charge in [-0.3, -0.25) is 4.98 Å². The normalized spacial score (nSPS) is 20.2. The number of hydrogen-bond donors (Lipinski definition) is 2. The molecule has 1 aliphatic heterocycles. The molecule has 2 heterocycles. The van der Waals surface area contributed by atoms with Crippen LogP contribution in [0.25, 0.3) is 10.9 Å². The van der Waals surface area contributed by atoms with Crippen molar-refractivity contribution in [3.63, 3.8) is 0 Å². The molecule has 134 valence electrons. The summed E-state index contributed by atoms with van der Waals surface area (Å²) in [5, 5.41) is 8.55. The lowest BCUT2D eigenvalue weighted by atomic mass is 10.0. The lowest BCUT2D eigenvalue weighted by Crippen LogP contribution is -2.31. The summed E-state index contributed by atoms with van der Waals surface area (Å²) in [7, 11) is 3.36. The molecule has 2 aliphatic rings. The zero-order valence-corrected chi connectivity index (χ0v) is 15.2. The van der Waals surface area contributed by atoms with E-state index in [1.54, 1.807) is 14.2 Å². The predicted molar refractivity (Wildman–Crippen MR) is 101 cm³/mol. The molecule has 1 atom stereocenters. The van der Waals surface area contributed by atoms with Gasteiger partial charge in [0.15, 0.2) is 11.5 Å². The Balaban J connectivity index is 1.82. The van der Waals surface area contributed by atoms with Crippen LogP contribution < -0.4 is 20.1 Å². The Hall–Kier alpha value is -2.01. The van der Waals surface area contributed by atoms with Gasteiger partial charge in [-0.15, -0.1) is 0 Å². The zero-order chi connectivity index (χ0) is 17.2. The first-order chi connectivity index (χ1) is 12.3. The van der Waals surface area contributed by atoms with Gasteiger partial charge >= 0.3 is 0 Å². The van der Waals surface area contributed by atoms with E-state index in [2.05, 4.69) is 16.7 Å². The maximum Gasteiger partial charge on any atom is 0.162 e. The highest BCUT2D eigenvalue weighted by molar-refractivity contribution is 5.96. The minimum Gasteiger partial charge on any atom is -0.493 e. The Bertz CT molecular complexity index is 767. The Morgan fingerprint density at radius 1 is 1.08 bits per heavy atom. The minimum absolute atomic E-state index is 0.464. The number of anilines is 1. The number of rotatable bonds is 4. The van der Waals surface area contributed by atoms with Crippen LogP contribution in [0.4, 0.5) is 5.69 Å². The van der Waals surface area contributed by atoms with Crippen LogP contribution in [-0.4, -0.2) is 38.3 Å². The molecular formula is C20H27N3O2. The van der Waals surface area contributed by atoms with E-state index in [4.69, 9.17) is 14.5 Å². The molecule has 25 heavy (non-hydrogen) atoms. The average molecular weight is 341 g/mol. The van der Waals surface area contributed by atoms with Gasteiger partial charge in [-0.2, -0.15) is 0 Å². The van der Waals surface area contributed by atoms with Crippen LogP contribution in [0, 0.1) is 0 Å². The van der Waals surface area contributed by atoms with Crippen molar-refractivity contribution in [2.75, 3.05) is 32.6 Å². The van der Waals surface area contributed by atoms with E-state index in [9.17, 15) is 0 Å². The molecule has 1 unspecified atom stereocenters. The molecule has 0 spiro atoms. The maximum atomic E-state index is 5.54.